The molecule has 0 atom stereocenters. The van der Waals surface area contributed by atoms with E-state index < -0.39 is 15.4 Å². The van der Waals surface area contributed by atoms with Crippen LogP contribution in [0.1, 0.15) is 0 Å². The Morgan fingerprint density at radius 2 is 1.16 bits per heavy atom. The molecule has 0 spiro atoms. The number of aromatic nitrogens is 8. The van der Waals surface area contributed by atoms with Crippen molar-refractivity contribution in [3.8, 4) is 11.6 Å². The molecule has 130 valence electrons. The molecule has 8 nitrogen and oxygen atoms in total. The summed E-state index contributed by atoms with van der Waals surface area (Å²) in [4.78, 5) is 15.8. The fraction of sp³-hybridized carbons (Fsp3) is 0. The SMILES string of the molecule is [Cl][Os][Cl].c1ccc(-n2cncn2)nc1.c1ccc(-n2cncn2)nc1. The molecular formula is C14H12Cl2N8Os. The molecule has 0 aliphatic heterocycles. The summed E-state index contributed by atoms with van der Waals surface area (Å²) in [6, 6.07) is 11.3. The maximum absolute atomic E-state index is 4.90. The van der Waals surface area contributed by atoms with E-state index in [0.717, 1.165) is 11.6 Å². The largest absolute Gasteiger partial charge is 0.237 e. The summed E-state index contributed by atoms with van der Waals surface area (Å²) in [7, 11) is 9.81. The molecule has 0 aromatic carbocycles. The number of hydrogen-bond acceptors (Lipinski definition) is 6. The van der Waals surface area contributed by atoms with Crippen LogP contribution in [0.4, 0.5) is 0 Å². The van der Waals surface area contributed by atoms with Gasteiger partial charge in [-0.25, -0.2) is 29.3 Å². The van der Waals surface area contributed by atoms with Crippen molar-refractivity contribution in [2.75, 3.05) is 0 Å². The second-order valence-corrected chi connectivity index (χ2v) is 7.78. The zero-order chi connectivity index (χ0) is 17.7. The Morgan fingerprint density at radius 1 is 0.720 bits per heavy atom. The van der Waals surface area contributed by atoms with Crippen LogP contribution >= 0.6 is 19.3 Å². The molecule has 25 heavy (non-hydrogen) atoms. The number of nitrogens with zero attached hydrogens (tertiary/aromatic N) is 8. The fourth-order valence-corrected chi connectivity index (χ4v) is 1.63. The number of pyridine rings is 2. The normalized spacial score (nSPS) is 9.52. The van der Waals surface area contributed by atoms with Crippen molar-refractivity contribution in [1.29, 1.82) is 0 Å². The molecule has 0 radical (unpaired) electrons. The Labute approximate surface area is 159 Å². The summed E-state index contributed by atoms with van der Waals surface area (Å²) in [6.45, 7) is 0. The second-order valence-electron chi connectivity index (χ2n) is 4.11. The number of halogens is 2. The molecule has 0 saturated heterocycles. The van der Waals surface area contributed by atoms with Gasteiger partial charge in [-0.1, -0.05) is 12.1 Å². The predicted octanol–water partition coefficient (Wildman–Crippen LogP) is 2.70. The van der Waals surface area contributed by atoms with Gasteiger partial charge >= 0.3 is 34.7 Å². The third-order valence-corrected chi connectivity index (χ3v) is 2.61. The summed E-state index contributed by atoms with van der Waals surface area (Å²) in [5, 5.41) is 7.86. The smallest absolute Gasteiger partial charge is 0.155 e. The van der Waals surface area contributed by atoms with Crippen molar-refractivity contribution < 1.29 is 15.4 Å². The van der Waals surface area contributed by atoms with Gasteiger partial charge in [-0.2, -0.15) is 10.2 Å². The van der Waals surface area contributed by atoms with E-state index in [1.165, 1.54) is 12.7 Å². The Hall–Kier alpha value is -2.20. The first-order valence-electron chi connectivity index (χ1n) is 6.72. The van der Waals surface area contributed by atoms with Gasteiger partial charge < -0.3 is 0 Å². The van der Waals surface area contributed by atoms with Gasteiger partial charge in [0.1, 0.15) is 25.3 Å². The van der Waals surface area contributed by atoms with Crippen LogP contribution in [0.2, 0.25) is 0 Å². The van der Waals surface area contributed by atoms with Crippen LogP contribution in [0.3, 0.4) is 0 Å². The minimum Gasteiger partial charge on any atom is -0.237 e. The molecule has 0 aliphatic carbocycles. The molecule has 0 N–H and O–H groups in total. The molecule has 4 heterocycles. The maximum Gasteiger partial charge on any atom is 0.155 e. The van der Waals surface area contributed by atoms with Gasteiger partial charge in [0.2, 0.25) is 0 Å². The van der Waals surface area contributed by atoms with E-state index in [1.54, 1.807) is 34.4 Å². The van der Waals surface area contributed by atoms with E-state index in [4.69, 9.17) is 19.3 Å². The molecule has 0 saturated carbocycles. The summed E-state index contributed by atoms with van der Waals surface area (Å²) >= 11 is -0.639. The van der Waals surface area contributed by atoms with E-state index in [1.807, 2.05) is 36.4 Å². The van der Waals surface area contributed by atoms with Crippen molar-refractivity contribution >= 4 is 19.3 Å². The van der Waals surface area contributed by atoms with Gasteiger partial charge in [-0.05, 0) is 24.3 Å². The predicted molar refractivity (Wildman–Crippen MR) is 90.0 cm³/mol. The van der Waals surface area contributed by atoms with Crippen molar-refractivity contribution in [2.45, 2.75) is 0 Å². The van der Waals surface area contributed by atoms with Crippen LogP contribution in [-0.4, -0.2) is 39.5 Å². The van der Waals surface area contributed by atoms with E-state index >= 15 is 0 Å². The van der Waals surface area contributed by atoms with Crippen LogP contribution in [0, 0.1) is 0 Å². The molecule has 0 aliphatic rings. The molecule has 11 heteroatoms. The van der Waals surface area contributed by atoms with Gasteiger partial charge in [0, 0.05) is 12.4 Å². The molecular weight excluding hydrogens is 541 g/mol. The minimum absolute atomic E-state index is 0.639. The van der Waals surface area contributed by atoms with Gasteiger partial charge in [0.25, 0.3) is 0 Å². The van der Waals surface area contributed by atoms with E-state index in [-0.39, 0.29) is 0 Å². The first kappa shape index (κ1) is 19.1. The van der Waals surface area contributed by atoms with Crippen molar-refractivity contribution in [3.05, 3.63) is 74.1 Å². The summed E-state index contributed by atoms with van der Waals surface area (Å²) in [5.74, 6) is 1.56. The van der Waals surface area contributed by atoms with E-state index in [2.05, 4.69) is 30.1 Å². The molecule has 0 unspecified atom stereocenters. The van der Waals surface area contributed by atoms with Crippen LogP contribution < -0.4 is 0 Å². The average molecular weight is 553 g/mol. The van der Waals surface area contributed by atoms with E-state index in [9.17, 15) is 0 Å². The van der Waals surface area contributed by atoms with Gasteiger partial charge in [-0.3, -0.25) is 0 Å². The summed E-state index contributed by atoms with van der Waals surface area (Å²) in [5.41, 5.74) is 0. The standard InChI is InChI=1S/2C7H6N4.2ClH.Os/c2*1-2-4-9-7(3-1)11-6-8-5-10-11;;;/h2*1-6H;2*1H;/q;;;;+2/p-2. The fourth-order valence-electron chi connectivity index (χ4n) is 1.63. The molecule has 0 bridgehead atoms. The molecule has 4 aromatic heterocycles. The first-order valence-corrected chi connectivity index (χ1v) is 13.0. The van der Waals surface area contributed by atoms with Crippen molar-refractivity contribution in [1.82, 2.24) is 39.5 Å². The maximum atomic E-state index is 4.90. The summed E-state index contributed by atoms with van der Waals surface area (Å²) in [6.07, 6.45) is 9.63. The van der Waals surface area contributed by atoms with Crippen LogP contribution in [-0.2, 0) is 15.4 Å². The zero-order valence-electron chi connectivity index (χ0n) is 12.6. The summed E-state index contributed by atoms with van der Waals surface area (Å²) < 4.78 is 3.22. The minimum atomic E-state index is -0.639. The van der Waals surface area contributed by atoms with Crippen molar-refractivity contribution in [2.24, 2.45) is 0 Å². The monoisotopic (exact) mass is 554 g/mol. The topological polar surface area (TPSA) is 87.2 Å². The Bertz CT molecular complexity index is 728. The van der Waals surface area contributed by atoms with Gasteiger partial charge in [-0.15, -0.1) is 0 Å². The Balaban J connectivity index is 0.000000156. The zero-order valence-corrected chi connectivity index (χ0v) is 16.7. The van der Waals surface area contributed by atoms with Crippen LogP contribution in [0.15, 0.2) is 74.1 Å². The average Bonchev–Trinajstić information content (AvgIpc) is 3.39. The van der Waals surface area contributed by atoms with Crippen molar-refractivity contribution in [3.63, 3.8) is 0 Å². The molecule has 4 aromatic rings. The second kappa shape index (κ2) is 11.4. The van der Waals surface area contributed by atoms with Crippen LogP contribution in [0.5, 0.6) is 0 Å². The Morgan fingerprint density at radius 3 is 1.44 bits per heavy atom. The van der Waals surface area contributed by atoms with Crippen LogP contribution in [0.25, 0.3) is 11.6 Å². The molecule has 0 fully saturated rings. The Kier molecular flexibility index (Phi) is 8.70. The number of hydrogen-bond donors (Lipinski definition) is 0. The third kappa shape index (κ3) is 6.67. The molecule has 4 rings (SSSR count). The van der Waals surface area contributed by atoms with Gasteiger partial charge in [0.05, 0.1) is 0 Å². The third-order valence-electron chi connectivity index (χ3n) is 2.61. The first-order chi connectivity index (χ1) is 12.3. The molecule has 0 amide bonds. The van der Waals surface area contributed by atoms with Gasteiger partial charge in [0.15, 0.2) is 11.6 Å². The number of rotatable bonds is 2. The van der Waals surface area contributed by atoms with E-state index in [0.29, 0.717) is 0 Å². The quantitative estimate of drug-likeness (QED) is 0.380.